The highest BCUT2D eigenvalue weighted by Crippen LogP contribution is 2.29. The van der Waals surface area contributed by atoms with Crippen LogP contribution in [-0.4, -0.2) is 46.5 Å². The van der Waals surface area contributed by atoms with Crippen LogP contribution in [0.25, 0.3) is 0 Å². The highest BCUT2D eigenvalue weighted by Gasteiger charge is 2.30. The predicted octanol–water partition coefficient (Wildman–Crippen LogP) is 3.26. The molecule has 8 heteroatoms. The van der Waals surface area contributed by atoms with Crippen molar-refractivity contribution in [3.8, 4) is 0 Å². The normalized spacial score (nSPS) is 20.9. The summed E-state index contributed by atoms with van der Waals surface area (Å²) in [6, 6.07) is 16.6. The fraction of sp³-hybridized carbons (Fsp3) is 0.455. The van der Waals surface area contributed by atoms with Crippen LogP contribution in [0.15, 0.2) is 59.5 Å². The first-order valence-corrected chi connectivity index (χ1v) is 13.6. The molecule has 2 aliphatic rings. The van der Waals surface area contributed by atoms with Crippen molar-refractivity contribution in [3.05, 3.63) is 60.2 Å². The molecule has 0 radical (unpaired) electrons. The standard InChI is InChI=1S/C22H28N2O4S2/c25-29(26)17-5-4-14-24(29)21-8-10-22(11-9-21)30(27,28)23-15-12-20(13-16-23)18-19-6-2-1-3-7-19/h1-3,6-11,20H,4-5,12-18H2. The zero-order chi connectivity index (χ0) is 21.2. The quantitative estimate of drug-likeness (QED) is 0.704. The minimum absolute atomic E-state index is 0.144. The first-order valence-electron chi connectivity index (χ1n) is 10.5. The van der Waals surface area contributed by atoms with Gasteiger partial charge in [0.15, 0.2) is 0 Å². The van der Waals surface area contributed by atoms with Gasteiger partial charge >= 0.3 is 0 Å². The van der Waals surface area contributed by atoms with Crippen molar-refractivity contribution in [2.24, 2.45) is 5.92 Å². The van der Waals surface area contributed by atoms with Gasteiger partial charge in [-0.25, -0.2) is 16.8 Å². The van der Waals surface area contributed by atoms with Gasteiger partial charge in [-0.15, -0.1) is 0 Å². The molecule has 2 aliphatic heterocycles. The molecule has 2 fully saturated rings. The minimum atomic E-state index is -3.57. The van der Waals surface area contributed by atoms with Gasteiger partial charge in [0.25, 0.3) is 0 Å². The molecule has 0 spiro atoms. The van der Waals surface area contributed by atoms with E-state index in [4.69, 9.17) is 0 Å². The molecule has 0 amide bonds. The smallest absolute Gasteiger partial charge is 0.243 e. The highest BCUT2D eigenvalue weighted by atomic mass is 32.2. The van der Waals surface area contributed by atoms with Gasteiger partial charge < -0.3 is 0 Å². The Morgan fingerprint density at radius 1 is 0.867 bits per heavy atom. The second kappa shape index (κ2) is 8.69. The fourth-order valence-corrected chi connectivity index (χ4v) is 7.42. The lowest BCUT2D eigenvalue weighted by atomic mass is 9.91. The summed E-state index contributed by atoms with van der Waals surface area (Å²) >= 11 is 0. The van der Waals surface area contributed by atoms with E-state index >= 15 is 0 Å². The van der Waals surface area contributed by atoms with Crippen molar-refractivity contribution < 1.29 is 16.8 Å². The zero-order valence-corrected chi connectivity index (χ0v) is 18.6. The van der Waals surface area contributed by atoms with Gasteiger partial charge in [-0.2, -0.15) is 4.31 Å². The van der Waals surface area contributed by atoms with Gasteiger partial charge in [0.05, 0.1) is 16.3 Å². The van der Waals surface area contributed by atoms with E-state index in [2.05, 4.69) is 12.1 Å². The van der Waals surface area contributed by atoms with Gasteiger partial charge in [0, 0.05) is 19.6 Å². The Morgan fingerprint density at radius 2 is 1.53 bits per heavy atom. The Morgan fingerprint density at radius 3 is 2.17 bits per heavy atom. The number of sulfonamides is 2. The third-order valence-electron chi connectivity index (χ3n) is 6.05. The average Bonchev–Trinajstić information content (AvgIpc) is 2.75. The maximum Gasteiger partial charge on any atom is 0.243 e. The maximum atomic E-state index is 13.1. The van der Waals surface area contributed by atoms with Crippen LogP contribution in [0.1, 0.15) is 31.2 Å². The van der Waals surface area contributed by atoms with Gasteiger partial charge in [-0.3, -0.25) is 4.31 Å². The summed E-state index contributed by atoms with van der Waals surface area (Å²) in [6.45, 7) is 1.48. The summed E-state index contributed by atoms with van der Waals surface area (Å²) in [5.74, 6) is 0.635. The van der Waals surface area contributed by atoms with Crippen LogP contribution in [0, 0.1) is 5.92 Å². The molecule has 0 saturated carbocycles. The van der Waals surface area contributed by atoms with Crippen LogP contribution < -0.4 is 4.31 Å². The molecule has 0 bridgehead atoms. The van der Waals surface area contributed by atoms with Crippen LogP contribution in [0.3, 0.4) is 0 Å². The number of hydrogen-bond acceptors (Lipinski definition) is 4. The molecule has 0 N–H and O–H groups in total. The van der Waals surface area contributed by atoms with Crippen molar-refractivity contribution in [3.63, 3.8) is 0 Å². The van der Waals surface area contributed by atoms with E-state index in [1.807, 2.05) is 18.2 Å². The van der Waals surface area contributed by atoms with Crippen LogP contribution in [0.5, 0.6) is 0 Å². The predicted molar refractivity (Wildman–Crippen MR) is 118 cm³/mol. The monoisotopic (exact) mass is 448 g/mol. The third kappa shape index (κ3) is 4.55. The highest BCUT2D eigenvalue weighted by molar-refractivity contribution is 7.92. The average molecular weight is 449 g/mol. The molecule has 162 valence electrons. The first kappa shape index (κ1) is 21.3. The molecule has 0 aromatic heterocycles. The van der Waals surface area contributed by atoms with Crippen molar-refractivity contribution >= 4 is 25.7 Å². The van der Waals surface area contributed by atoms with E-state index in [9.17, 15) is 16.8 Å². The molecule has 2 saturated heterocycles. The summed E-state index contributed by atoms with van der Waals surface area (Å²) in [4.78, 5) is 0.224. The molecule has 30 heavy (non-hydrogen) atoms. The second-order valence-electron chi connectivity index (χ2n) is 8.13. The largest absolute Gasteiger partial charge is 0.270 e. The summed E-state index contributed by atoms with van der Waals surface area (Å²) in [5, 5.41) is 0. The fourth-order valence-electron chi connectivity index (χ4n) is 4.31. The van der Waals surface area contributed by atoms with Crippen molar-refractivity contribution in [2.45, 2.75) is 37.0 Å². The van der Waals surface area contributed by atoms with Crippen LogP contribution >= 0.6 is 0 Å². The number of nitrogens with zero attached hydrogens (tertiary/aromatic N) is 2. The van der Waals surface area contributed by atoms with E-state index in [1.54, 1.807) is 16.4 Å². The number of benzene rings is 2. The molecular weight excluding hydrogens is 420 g/mol. The Balaban J connectivity index is 1.41. The van der Waals surface area contributed by atoms with E-state index in [0.717, 1.165) is 25.7 Å². The van der Waals surface area contributed by atoms with Crippen molar-refractivity contribution in [2.75, 3.05) is 29.7 Å². The van der Waals surface area contributed by atoms with E-state index in [0.29, 0.717) is 37.7 Å². The topological polar surface area (TPSA) is 74.8 Å². The molecule has 0 unspecified atom stereocenters. The lowest BCUT2D eigenvalue weighted by Crippen LogP contribution is -2.39. The molecule has 2 aromatic carbocycles. The summed E-state index contributed by atoms with van der Waals surface area (Å²) in [7, 11) is -6.87. The second-order valence-corrected chi connectivity index (χ2v) is 12.1. The summed E-state index contributed by atoms with van der Waals surface area (Å²) in [6.07, 6.45) is 4.16. The van der Waals surface area contributed by atoms with Crippen LogP contribution in [0.4, 0.5) is 5.69 Å². The molecule has 4 rings (SSSR count). The number of anilines is 1. The van der Waals surface area contributed by atoms with Crippen LogP contribution in [0.2, 0.25) is 0 Å². The molecule has 6 nitrogen and oxygen atoms in total. The molecule has 0 aliphatic carbocycles. The lowest BCUT2D eigenvalue weighted by Gasteiger charge is -2.31. The van der Waals surface area contributed by atoms with Gasteiger partial charge in [-0.05, 0) is 67.9 Å². The van der Waals surface area contributed by atoms with Crippen molar-refractivity contribution in [1.82, 2.24) is 4.31 Å². The Bertz CT molecular complexity index is 1060. The molecule has 2 aromatic rings. The molecule has 0 atom stereocenters. The van der Waals surface area contributed by atoms with Gasteiger partial charge in [0.1, 0.15) is 0 Å². The Hall–Kier alpha value is -1.90. The number of hydrogen-bond donors (Lipinski definition) is 0. The summed E-state index contributed by atoms with van der Waals surface area (Å²) in [5.41, 5.74) is 1.83. The molecular formula is C22H28N2O4S2. The molecule has 2 heterocycles. The van der Waals surface area contributed by atoms with Crippen LogP contribution in [-0.2, 0) is 26.5 Å². The van der Waals surface area contributed by atoms with Gasteiger partial charge in [0.2, 0.25) is 20.0 Å². The zero-order valence-electron chi connectivity index (χ0n) is 17.0. The first-order chi connectivity index (χ1) is 14.4. The summed E-state index contributed by atoms with van der Waals surface area (Å²) < 4.78 is 53.6. The Labute approximate surface area is 179 Å². The van der Waals surface area contributed by atoms with E-state index < -0.39 is 20.0 Å². The van der Waals surface area contributed by atoms with Gasteiger partial charge in [-0.1, -0.05) is 30.3 Å². The SMILES string of the molecule is O=S1(=O)CCCCN1c1ccc(S(=O)(=O)N2CCC(Cc3ccccc3)CC2)cc1. The van der Waals surface area contributed by atoms with E-state index in [1.165, 1.54) is 22.0 Å². The Kier molecular flexibility index (Phi) is 6.18. The lowest BCUT2D eigenvalue weighted by molar-refractivity contribution is 0.273. The van der Waals surface area contributed by atoms with Crippen molar-refractivity contribution in [1.29, 1.82) is 0 Å². The maximum absolute atomic E-state index is 13.1. The number of piperidine rings is 1. The number of rotatable bonds is 5. The minimum Gasteiger partial charge on any atom is -0.270 e. The van der Waals surface area contributed by atoms with E-state index in [-0.39, 0.29) is 10.6 Å². The third-order valence-corrected chi connectivity index (χ3v) is 9.83.